The van der Waals surface area contributed by atoms with Crippen LogP contribution in [-0.2, 0) is 18.2 Å². The van der Waals surface area contributed by atoms with Gasteiger partial charge in [-0.1, -0.05) is 0 Å². The molecule has 1 unspecified atom stereocenters. The molecule has 0 spiro atoms. The van der Waals surface area contributed by atoms with Crippen molar-refractivity contribution in [3.63, 3.8) is 0 Å². The van der Waals surface area contributed by atoms with Gasteiger partial charge in [0.05, 0.1) is 12.0 Å². The first-order valence-electron chi connectivity index (χ1n) is 5.54. The van der Waals surface area contributed by atoms with Crippen LogP contribution in [-0.4, -0.2) is 42.0 Å². The van der Waals surface area contributed by atoms with Gasteiger partial charge in [-0.15, -0.1) is 11.6 Å². The van der Waals surface area contributed by atoms with Crippen LogP contribution in [0.5, 0.6) is 0 Å². The second-order valence-corrected chi connectivity index (χ2v) is 4.40. The zero-order valence-electron chi connectivity index (χ0n) is 9.95. The van der Waals surface area contributed by atoms with E-state index in [0.717, 1.165) is 25.9 Å². The lowest BCUT2D eigenvalue weighted by atomic mass is 10.3. The van der Waals surface area contributed by atoms with Crippen LogP contribution in [0.15, 0.2) is 12.3 Å². The average Bonchev–Trinajstić information content (AvgIpc) is 2.64. The minimum Gasteiger partial charge on any atom is -0.383 e. The van der Waals surface area contributed by atoms with Gasteiger partial charge in [0.2, 0.25) is 0 Å². The zero-order valence-corrected chi connectivity index (χ0v) is 10.7. The molecule has 0 radical (unpaired) electrons. The van der Waals surface area contributed by atoms with E-state index in [9.17, 15) is 0 Å². The van der Waals surface area contributed by atoms with E-state index in [2.05, 4.69) is 10.4 Å². The Balaban J connectivity index is 2.02. The molecule has 4 nitrogen and oxygen atoms in total. The highest BCUT2D eigenvalue weighted by Gasteiger charge is 2.03. The van der Waals surface area contributed by atoms with Crippen LogP contribution < -0.4 is 5.32 Å². The standard InChI is InChI=1S/C11H20ClN3O/c1-15-11(5-8-14-15)4-7-13-6-3-10(12)9-16-2/h5,8,10,13H,3-4,6-7,9H2,1-2H3. The lowest BCUT2D eigenvalue weighted by Crippen LogP contribution is -2.23. The maximum atomic E-state index is 6.01. The molecule has 1 heterocycles. The van der Waals surface area contributed by atoms with Gasteiger partial charge in [-0.3, -0.25) is 4.68 Å². The summed E-state index contributed by atoms with van der Waals surface area (Å²) in [6.07, 6.45) is 3.75. The number of rotatable bonds is 8. The third kappa shape index (κ3) is 4.96. The summed E-state index contributed by atoms with van der Waals surface area (Å²) in [5, 5.41) is 7.58. The van der Waals surface area contributed by atoms with Crippen LogP contribution in [0.1, 0.15) is 12.1 Å². The third-order valence-electron chi connectivity index (χ3n) is 2.46. The molecule has 0 aliphatic rings. The molecule has 0 fully saturated rings. The Bertz CT molecular complexity index is 291. The van der Waals surface area contributed by atoms with Crippen molar-refractivity contribution in [2.75, 3.05) is 26.8 Å². The van der Waals surface area contributed by atoms with Gasteiger partial charge in [0.25, 0.3) is 0 Å². The number of ether oxygens (including phenoxy) is 1. The molecule has 16 heavy (non-hydrogen) atoms. The van der Waals surface area contributed by atoms with Crippen LogP contribution >= 0.6 is 11.6 Å². The molecule has 0 saturated carbocycles. The molecule has 1 aromatic rings. The fourth-order valence-electron chi connectivity index (χ4n) is 1.51. The van der Waals surface area contributed by atoms with Gasteiger partial charge < -0.3 is 10.1 Å². The number of hydrogen-bond donors (Lipinski definition) is 1. The predicted octanol–water partition coefficient (Wildman–Crippen LogP) is 1.20. The van der Waals surface area contributed by atoms with Crippen molar-refractivity contribution in [3.05, 3.63) is 18.0 Å². The van der Waals surface area contributed by atoms with E-state index < -0.39 is 0 Å². The van der Waals surface area contributed by atoms with E-state index in [4.69, 9.17) is 16.3 Å². The van der Waals surface area contributed by atoms with Crippen molar-refractivity contribution in [2.24, 2.45) is 7.05 Å². The van der Waals surface area contributed by atoms with Crippen molar-refractivity contribution in [1.82, 2.24) is 15.1 Å². The summed E-state index contributed by atoms with van der Waals surface area (Å²) in [6.45, 7) is 2.50. The van der Waals surface area contributed by atoms with Crippen molar-refractivity contribution in [2.45, 2.75) is 18.2 Å². The lowest BCUT2D eigenvalue weighted by Gasteiger charge is -2.09. The highest BCUT2D eigenvalue weighted by Crippen LogP contribution is 2.01. The maximum absolute atomic E-state index is 6.01. The summed E-state index contributed by atoms with van der Waals surface area (Å²) in [4.78, 5) is 0. The fourth-order valence-corrected chi connectivity index (χ4v) is 1.75. The van der Waals surface area contributed by atoms with Gasteiger partial charge in [0.1, 0.15) is 0 Å². The molecule has 1 rings (SSSR count). The molecule has 1 aromatic heterocycles. The van der Waals surface area contributed by atoms with Crippen LogP contribution in [0.25, 0.3) is 0 Å². The van der Waals surface area contributed by atoms with Crippen molar-refractivity contribution < 1.29 is 4.74 Å². The molecule has 0 aromatic carbocycles. The van der Waals surface area contributed by atoms with Gasteiger partial charge in [-0.2, -0.15) is 5.10 Å². The van der Waals surface area contributed by atoms with Gasteiger partial charge >= 0.3 is 0 Å². The predicted molar refractivity (Wildman–Crippen MR) is 65.9 cm³/mol. The number of nitrogens with one attached hydrogen (secondary N) is 1. The normalized spacial score (nSPS) is 12.9. The first-order valence-corrected chi connectivity index (χ1v) is 5.98. The van der Waals surface area contributed by atoms with Crippen molar-refractivity contribution >= 4 is 11.6 Å². The topological polar surface area (TPSA) is 39.1 Å². The minimum absolute atomic E-state index is 0.106. The first-order chi connectivity index (χ1) is 7.74. The SMILES string of the molecule is COCC(Cl)CCNCCc1ccnn1C. The fraction of sp³-hybridized carbons (Fsp3) is 0.727. The lowest BCUT2D eigenvalue weighted by molar-refractivity contribution is 0.195. The largest absolute Gasteiger partial charge is 0.383 e. The van der Waals surface area contributed by atoms with E-state index >= 15 is 0 Å². The summed E-state index contributed by atoms with van der Waals surface area (Å²) in [6, 6.07) is 2.04. The Kier molecular flexibility index (Phi) is 6.45. The highest BCUT2D eigenvalue weighted by atomic mass is 35.5. The first kappa shape index (κ1) is 13.5. The van der Waals surface area contributed by atoms with Crippen LogP contribution in [0, 0.1) is 0 Å². The number of halogens is 1. The van der Waals surface area contributed by atoms with E-state index in [0.29, 0.717) is 6.61 Å². The Morgan fingerprint density at radius 3 is 3.00 bits per heavy atom. The average molecular weight is 246 g/mol. The molecular formula is C11H20ClN3O. The number of nitrogens with zero attached hydrogens (tertiary/aromatic N) is 2. The number of aromatic nitrogens is 2. The number of methoxy groups -OCH3 is 1. The van der Waals surface area contributed by atoms with E-state index in [1.54, 1.807) is 7.11 Å². The molecule has 5 heteroatoms. The molecule has 0 amide bonds. The van der Waals surface area contributed by atoms with E-state index in [-0.39, 0.29) is 5.38 Å². The summed E-state index contributed by atoms with van der Waals surface area (Å²) in [7, 11) is 3.63. The number of alkyl halides is 1. The van der Waals surface area contributed by atoms with Crippen LogP contribution in [0.4, 0.5) is 0 Å². The molecular weight excluding hydrogens is 226 g/mol. The van der Waals surface area contributed by atoms with Gasteiger partial charge in [-0.25, -0.2) is 0 Å². The second kappa shape index (κ2) is 7.65. The van der Waals surface area contributed by atoms with Gasteiger partial charge in [0, 0.05) is 39.0 Å². The molecule has 0 saturated heterocycles. The highest BCUT2D eigenvalue weighted by molar-refractivity contribution is 6.20. The Morgan fingerprint density at radius 2 is 2.38 bits per heavy atom. The van der Waals surface area contributed by atoms with Gasteiger partial charge in [-0.05, 0) is 19.0 Å². The zero-order chi connectivity index (χ0) is 11.8. The third-order valence-corrected chi connectivity index (χ3v) is 2.81. The summed E-state index contributed by atoms with van der Waals surface area (Å²) in [5.41, 5.74) is 1.24. The number of aryl methyl sites for hydroxylation is 1. The van der Waals surface area contributed by atoms with Crippen molar-refractivity contribution in [1.29, 1.82) is 0 Å². The molecule has 1 N–H and O–H groups in total. The van der Waals surface area contributed by atoms with E-state index in [1.165, 1.54) is 5.69 Å². The molecule has 0 aliphatic carbocycles. The number of hydrogen-bond acceptors (Lipinski definition) is 3. The molecule has 92 valence electrons. The Morgan fingerprint density at radius 1 is 1.56 bits per heavy atom. The molecule has 0 aliphatic heterocycles. The quantitative estimate of drug-likeness (QED) is 0.553. The van der Waals surface area contributed by atoms with Crippen LogP contribution in [0.2, 0.25) is 0 Å². The van der Waals surface area contributed by atoms with Crippen molar-refractivity contribution in [3.8, 4) is 0 Å². The minimum atomic E-state index is 0.106. The van der Waals surface area contributed by atoms with Crippen LogP contribution in [0.3, 0.4) is 0 Å². The summed E-state index contributed by atoms with van der Waals surface area (Å²) >= 11 is 6.01. The maximum Gasteiger partial charge on any atom is 0.0626 e. The monoisotopic (exact) mass is 245 g/mol. The Hall–Kier alpha value is -0.580. The van der Waals surface area contributed by atoms with E-state index in [1.807, 2.05) is 24.0 Å². The van der Waals surface area contributed by atoms with Gasteiger partial charge in [0.15, 0.2) is 0 Å². The Labute approximate surface area is 102 Å². The molecule has 0 bridgehead atoms. The smallest absolute Gasteiger partial charge is 0.0626 e. The summed E-state index contributed by atoms with van der Waals surface area (Å²) < 4.78 is 6.86. The second-order valence-electron chi connectivity index (χ2n) is 3.79. The molecule has 1 atom stereocenters. The summed E-state index contributed by atoms with van der Waals surface area (Å²) in [5.74, 6) is 0.